The average Bonchev–Trinajstić information content (AvgIpc) is 3.64. The van der Waals surface area contributed by atoms with E-state index in [0.717, 1.165) is 42.0 Å². The van der Waals surface area contributed by atoms with Crippen molar-refractivity contribution in [1.29, 1.82) is 0 Å². The molecule has 1 N–H and O–H groups in total. The Morgan fingerprint density at radius 2 is 1.41 bits per heavy atom. The first kappa shape index (κ1) is 26.8. The van der Waals surface area contributed by atoms with Gasteiger partial charge in [0.25, 0.3) is 0 Å². The fourth-order valence-electron chi connectivity index (χ4n) is 5.90. The second kappa shape index (κ2) is 12.4. The highest BCUT2D eigenvalue weighted by molar-refractivity contribution is 6.31. The van der Waals surface area contributed by atoms with Gasteiger partial charge >= 0.3 is 0 Å². The highest BCUT2D eigenvalue weighted by atomic mass is 35.5. The van der Waals surface area contributed by atoms with Gasteiger partial charge in [-0.15, -0.1) is 0 Å². The van der Waals surface area contributed by atoms with Crippen LogP contribution in [0.2, 0.25) is 5.02 Å². The zero-order valence-electron chi connectivity index (χ0n) is 22.7. The third-order valence-electron chi connectivity index (χ3n) is 7.93. The van der Waals surface area contributed by atoms with Crippen LogP contribution >= 0.6 is 11.6 Å². The van der Waals surface area contributed by atoms with Gasteiger partial charge in [-0.05, 0) is 77.6 Å². The monoisotopic (exact) mass is 529 g/mol. The van der Waals surface area contributed by atoms with Crippen molar-refractivity contribution in [3.05, 3.63) is 166 Å². The van der Waals surface area contributed by atoms with Crippen molar-refractivity contribution >= 4 is 11.6 Å². The Morgan fingerprint density at radius 1 is 0.795 bits per heavy atom. The van der Waals surface area contributed by atoms with Gasteiger partial charge in [0, 0.05) is 17.3 Å². The number of fused-ring (bicyclic) bond motifs is 3. The van der Waals surface area contributed by atoms with E-state index in [1.165, 1.54) is 33.4 Å². The molecule has 2 heteroatoms. The van der Waals surface area contributed by atoms with E-state index in [-0.39, 0.29) is 5.41 Å². The van der Waals surface area contributed by atoms with Crippen LogP contribution in [0.4, 0.5) is 0 Å². The maximum absolute atomic E-state index is 6.55. The molecule has 1 nitrogen and oxygen atoms in total. The molecule has 196 valence electrons. The van der Waals surface area contributed by atoms with Crippen LogP contribution in [0.1, 0.15) is 47.1 Å². The van der Waals surface area contributed by atoms with Crippen LogP contribution in [-0.2, 0) is 18.4 Å². The summed E-state index contributed by atoms with van der Waals surface area (Å²) in [5, 5.41) is 4.51. The molecule has 2 aliphatic carbocycles. The molecule has 0 spiro atoms. The number of hydrogen-bond acceptors (Lipinski definition) is 1. The highest BCUT2D eigenvalue weighted by Crippen LogP contribution is 2.54. The van der Waals surface area contributed by atoms with E-state index in [9.17, 15) is 0 Å². The number of aryl methyl sites for hydroxylation is 2. The van der Waals surface area contributed by atoms with Crippen LogP contribution in [-0.4, -0.2) is 0 Å². The second-order valence-electron chi connectivity index (χ2n) is 10.3. The van der Waals surface area contributed by atoms with Crippen molar-refractivity contribution in [3.8, 4) is 11.1 Å². The summed E-state index contributed by atoms with van der Waals surface area (Å²) in [5.41, 5.74) is 9.78. The van der Waals surface area contributed by atoms with E-state index in [0.29, 0.717) is 6.54 Å². The van der Waals surface area contributed by atoms with E-state index < -0.39 is 0 Å². The van der Waals surface area contributed by atoms with Gasteiger partial charge in [0.2, 0.25) is 0 Å². The second-order valence-corrected chi connectivity index (χ2v) is 10.7. The van der Waals surface area contributed by atoms with Crippen molar-refractivity contribution in [3.63, 3.8) is 0 Å². The lowest BCUT2D eigenvalue weighted by Gasteiger charge is -2.35. The van der Waals surface area contributed by atoms with Crippen molar-refractivity contribution in [2.75, 3.05) is 0 Å². The molecule has 0 bridgehead atoms. The smallest absolute Gasteiger partial charge is 0.0604 e. The van der Waals surface area contributed by atoms with Crippen LogP contribution in [0.3, 0.4) is 0 Å². The van der Waals surface area contributed by atoms with Crippen LogP contribution in [0.5, 0.6) is 0 Å². The summed E-state index contributed by atoms with van der Waals surface area (Å²) in [6.07, 6.45) is 12.6. The Hall–Kier alpha value is -3.81. The van der Waals surface area contributed by atoms with Gasteiger partial charge in [0.15, 0.2) is 0 Å². The van der Waals surface area contributed by atoms with Gasteiger partial charge < -0.3 is 5.32 Å². The maximum Gasteiger partial charge on any atom is 0.0604 e. The molecule has 4 aromatic rings. The molecular formula is C37H36ClN. The first-order valence-electron chi connectivity index (χ1n) is 13.8. The van der Waals surface area contributed by atoms with Crippen LogP contribution < -0.4 is 5.32 Å². The largest absolute Gasteiger partial charge is 0.384 e. The number of nitrogens with one attached hydrogen (secondary N) is 1. The van der Waals surface area contributed by atoms with E-state index in [2.05, 4.69) is 128 Å². The Balaban J connectivity index is 0.000000555. The molecule has 0 aromatic heterocycles. The van der Waals surface area contributed by atoms with Gasteiger partial charge in [-0.3, -0.25) is 0 Å². The van der Waals surface area contributed by atoms with Gasteiger partial charge in [-0.2, -0.15) is 0 Å². The molecule has 0 unspecified atom stereocenters. The molecule has 6 rings (SSSR count). The summed E-state index contributed by atoms with van der Waals surface area (Å²) in [6, 6.07) is 34.5. The minimum absolute atomic E-state index is 0.281. The molecule has 0 fully saturated rings. The lowest BCUT2D eigenvalue weighted by molar-refractivity contribution is 0.498. The minimum Gasteiger partial charge on any atom is -0.384 e. The quantitative estimate of drug-likeness (QED) is 0.239. The van der Waals surface area contributed by atoms with E-state index >= 15 is 0 Å². The van der Waals surface area contributed by atoms with Crippen molar-refractivity contribution < 1.29 is 0 Å². The topological polar surface area (TPSA) is 12.0 Å². The molecule has 4 aromatic carbocycles. The minimum atomic E-state index is -0.281. The number of halogens is 1. The van der Waals surface area contributed by atoms with Gasteiger partial charge in [-0.25, -0.2) is 0 Å². The predicted molar refractivity (Wildman–Crippen MR) is 167 cm³/mol. The summed E-state index contributed by atoms with van der Waals surface area (Å²) in [6.45, 7) is 7.43. The Morgan fingerprint density at radius 3 is 2.00 bits per heavy atom. The summed E-state index contributed by atoms with van der Waals surface area (Å²) in [7, 11) is 0. The van der Waals surface area contributed by atoms with E-state index in [4.69, 9.17) is 11.6 Å². The van der Waals surface area contributed by atoms with Crippen molar-refractivity contribution in [2.24, 2.45) is 0 Å². The van der Waals surface area contributed by atoms with Crippen LogP contribution in [0.25, 0.3) is 11.1 Å². The van der Waals surface area contributed by atoms with Crippen molar-refractivity contribution in [2.45, 2.75) is 44.6 Å². The normalized spacial score (nSPS) is 13.8. The fourth-order valence-corrected chi connectivity index (χ4v) is 6.19. The first-order chi connectivity index (χ1) is 19.1. The lowest BCUT2D eigenvalue weighted by atomic mass is 9.71. The molecule has 0 radical (unpaired) electrons. The molecule has 0 saturated heterocycles. The molecule has 39 heavy (non-hydrogen) atoms. The van der Waals surface area contributed by atoms with Gasteiger partial charge in [-0.1, -0.05) is 133 Å². The van der Waals surface area contributed by atoms with Crippen LogP contribution in [0, 0.1) is 6.92 Å². The zero-order valence-corrected chi connectivity index (χ0v) is 23.4. The number of rotatable bonds is 8. The molecule has 0 heterocycles. The lowest BCUT2D eigenvalue weighted by Crippen LogP contribution is -2.35. The van der Waals surface area contributed by atoms with Gasteiger partial charge in [0.05, 0.1) is 5.41 Å². The number of allylic oxidation sites excluding steroid dienone is 5. The van der Waals surface area contributed by atoms with Gasteiger partial charge in [0.1, 0.15) is 0 Å². The standard InChI is InChI=1S/C32H30ClN.C5H6/c1-23-12-10-20-31(33)28(23)22-34-24(2)32(21-11-15-25-13-4-3-5-14-25)29-18-8-6-16-26(29)27-17-7-9-19-30(27)32;1-2-4-5-3-1/h3-10,12-14,16-20,34H,2,11,15,21-22H2,1H3;1-4H,5H2. The Bertz CT molecular complexity index is 1420. The Labute approximate surface area is 238 Å². The third-order valence-corrected chi connectivity index (χ3v) is 8.28. The highest BCUT2D eigenvalue weighted by Gasteiger charge is 2.44. The summed E-state index contributed by atoms with van der Waals surface area (Å²) >= 11 is 6.55. The zero-order chi connectivity index (χ0) is 27.1. The summed E-state index contributed by atoms with van der Waals surface area (Å²) in [4.78, 5) is 0. The molecule has 0 atom stereocenters. The Kier molecular flexibility index (Phi) is 8.49. The fraction of sp³-hybridized carbons (Fsp3) is 0.189. The van der Waals surface area contributed by atoms with E-state index in [1.54, 1.807) is 0 Å². The molecule has 0 saturated carbocycles. The molecule has 0 aliphatic heterocycles. The molecule has 0 amide bonds. The SMILES string of the molecule is C1=CCC=C1.C=C(NCc1c(C)cccc1Cl)C1(CCCc2ccccc2)c2ccccc2-c2ccccc21. The van der Waals surface area contributed by atoms with Crippen LogP contribution in [0.15, 0.2) is 134 Å². The molecular weight excluding hydrogens is 494 g/mol. The van der Waals surface area contributed by atoms with Crippen molar-refractivity contribution in [1.82, 2.24) is 5.32 Å². The summed E-state index contributed by atoms with van der Waals surface area (Å²) in [5.74, 6) is 0. The number of benzene rings is 4. The average molecular weight is 530 g/mol. The van der Waals surface area contributed by atoms with E-state index in [1.807, 2.05) is 12.1 Å². The maximum atomic E-state index is 6.55. The first-order valence-corrected chi connectivity index (χ1v) is 14.2. The molecule has 2 aliphatic rings. The third kappa shape index (κ3) is 5.65. The number of hydrogen-bond donors (Lipinski definition) is 1. The summed E-state index contributed by atoms with van der Waals surface area (Å²) < 4.78 is 0. The predicted octanol–water partition coefficient (Wildman–Crippen LogP) is 9.74.